The predicted octanol–water partition coefficient (Wildman–Crippen LogP) is 1.39. The molecule has 14 heavy (non-hydrogen) atoms. The van der Waals surface area contributed by atoms with E-state index in [0.717, 1.165) is 19.4 Å². The molecule has 1 rings (SSSR count). The van der Waals surface area contributed by atoms with E-state index in [9.17, 15) is 9.90 Å². The van der Waals surface area contributed by atoms with Crippen LogP contribution in [-0.2, 0) is 4.79 Å². The molecule has 0 bridgehead atoms. The Bertz CT molecular complexity index is 208. The molecule has 2 atom stereocenters. The van der Waals surface area contributed by atoms with Gasteiger partial charge in [-0.25, -0.2) is 0 Å². The quantitative estimate of drug-likeness (QED) is 0.782. The van der Waals surface area contributed by atoms with Gasteiger partial charge in [0.15, 0.2) is 0 Å². The van der Waals surface area contributed by atoms with Crippen LogP contribution in [0.3, 0.4) is 0 Å². The number of rotatable bonds is 3. The maximum absolute atomic E-state index is 11.7. The Morgan fingerprint density at radius 3 is 2.86 bits per heavy atom. The number of piperidine rings is 1. The van der Waals surface area contributed by atoms with Gasteiger partial charge in [0.1, 0.15) is 0 Å². The Labute approximate surface area is 93.6 Å². The third kappa shape index (κ3) is 2.95. The molecule has 3 nitrogen and oxygen atoms in total. The molecule has 4 heteroatoms. The van der Waals surface area contributed by atoms with Crippen molar-refractivity contribution in [2.45, 2.75) is 37.6 Å². The van der Waals surface area contributed by atoms with E-state index in [4.69, 9.17) is 0 Å². The zero-order valence-corrected chi connectivity index (χ0v) is 10.3. The summed E-state index contributed by atoms with van der Waals surface area (Å²) in [6, 6.07) is 0. The molecular weight excluding hydrogens is 246 g/mol. The standard InChI is InChI=1S/C10H18BrNO2/c1-7(2)9(13)6-12-5-3-4-8(11)10(12)14/h7-9,13H,3-6H2,1-2H3. The second-order valence-corrected chi connectivity index (χ2v) is 5.31. The molecule has 1 amide bonds. The van der Waals surface area contributed by atoms with Crippen molar-refractivity contribution in [1.29, 1.82) is 0 Å². The van der Waals surface area contributed by atoms with Gasteiger partial charge < -0.3 is 10.0 Å². The average molecular weight is 264 g/mol. The normalized spacial score (nSPS) is 25.6. The topological polar surface area (TPSA) is 40.5 Å². The molecule has 1 aliphatic heterocycles. The summed E-state index contributed by atoms with van der Waals surface area (Å²) in [5, 5.41) is 9.67. The monoisotopic (exact) mass is 263 g/mol. The van der Waals surface area contributed by atoms with Crippen LogP contribution >= 0.6 is 15.9 Å². The van der Waals surface area contributed by atoms with Crippen molar-refractivity contribution >= 4 is 21.8 Å². The van der Waals surface area contributed by atoms with Crippen molar-refractivity contribution in [2.24, 2.45) is 5.92 Å². The first kappa shape index (κ1) is 12.0. The lowest BCUT2D eigenvalue weighted by molar-refractivity contribution is -0.134. The van der Waals surface area contributed by atoms with Crippen molar-refractivity contribution < 1.29 is 9.90 Å². The molecule has 82 valence electrons. The number of β-amino-alcohol motifs (C(OH)–C–C–N with tert-alkyl or cyclic N) is 1. The number of alkyl halides is 1. The number of carbonyl (C=O) groups excluding carboxylic acids is 1. The van der Waals surface area contributed by atoms with Crippen LogP contribution in [-0.4, -0.2) is 39.9 Å². The van der Waals surface area contributed by atoms with E-state index in [2.05, 4.69) is 15.9 Å². The zero-order valence-electron chi connectivity index (χ0n) is 8.74. The minimum atomic E-state index is -0.406. The fraction of sp³-hybridized carbons (Fsp3) is 0.900. The summed E-state index contributed by atoms with van der Waals surface area (Å²) in [6.07, 6.45) is 1.52. The molecule has 0 radical (unpaired) electrons. The average Bonchev–Trinajstić information content (AvgIpc) is 2.12. The molecule has 0 saturated carbocycles. The molecule has 0 aromatic rings. The molecule has 1 saturated heterocycles. The molecular formula is C10H18BrNO2. The lowest BCUT2D eigenvalue weighted by atomic mass is 10.0. The molecule has 0 aromatic heterocycles. The van der Waals surface area contributed by atoms with E-state index in [1.54, 1.807) is 4.90 Å². The predicted molar refractivity (Wildman–Crippen MR) is 59.4 cm³/mol. The number of aliphatic hydroxyl groups is 1. The van der Waals surface area contributed by atoms with Crippen LogP contribution in [0, 0.1) is 5.92 Å². The summed E-state index contributed by atoms with van der Waals surface area (Å²) >= 11 is 3.35. The summed E-state index contributed by atoms with van der Waals surface area (Å²) in [4.78, 5) is 13.4. The Kier molecular flexibility index (Phi) is 4.38. The van der Waals surface area contributed by atoms with Crippen molar-refractivity contribution in [3.63, 3.8) is 0 Å². The van der Waals surface area contributed by atoms with Crippen LogP contribution in [0.1, 0.15) is 26.7 Å². The van der Waals surface area contributed by atoms with Gasteiger partial charge in [0.25, 0.3) is 0 Å². The summed E-state index contributed by atoms with van der Waals surface area (Å²) in [5.41, 5.74) is 0. The van der Waals surface area contributed by atoms with E-state index in [1.165, 1.54) is 0 Å². The van der Waals surface area contributed by atoms with Gasteiger partial charge in [0.05, 0.1) is 10.9 Å². The maximum Gasteiger partial charge on any atom is 0.236 e. The molecule has 1 fully saturated rings. The number of hydrogen-bond donors (Lipinski definition) is 1. The van der Waals surface area contributed by atoms with Crippen molar-refractivity contribution in [3.8, 4) is 0 Å². The highest BCUT2D eigenvalue weighted by atomic mass is 79.9. The van der Waals surface area contributed by atoms with Crippen LogP contribution in [0.5, 0.6) is 0 Å². The summed E-state index contributed by atoms with van der Waals surface area (Å²) in [7, 11) is 0. The number of halogens is 1. The Balaban J connectivity index is 2.47. The van der Waals surface area contributed by atoms with Gasteiger partial charge in [-0.1, -0.05) is 29.8 Å². The molecule has 0 spiro atoms. The van der Waals surface area contributed by atoms with Gasteiger partial charge in [-0.05, 0) is 18.8 Å². The van der Waals surface area contributed by atoms with Gasteiger partial charge in [0.2, 0.25) is 5.91 Å². The van der Waals surface area contributed by atoms with Gasteiger partial charge in [-0.3, -0.25) is 4.79 Å². The third-order valence-electron chi connectivity index (χ3n) is 2.64. The smallest absolute Gasteiger partial charge is 0.236 e. The first-order chi connectivity index (χ1) is 6.52. The van der Waals surface area contributed by atoms with Gasteiger partial charge in [-0.2, -0.15) is 0 Å². The number of hydrogen-bond acceptors (Lipinski definition) is 2. The van der Waals surface area contributed by atoms with Gasteiger partial charge in [-0.15, -0.1) is 0 Å². The number of nitrogens with zero attached hydrogens (tertiary/aromatic N) is 1. The first-order valence-corrected chi connectivity index (χ1v) is 6.05. The summed E-state index contributed by atoms with van der Waals surface area (Å²) < 4.78 is 0. The Morgan fingerprint density at radius 2 is 2.29 bits per heavy atom. The fourth-order valence-electron chi connectivity index (χ4n) is 1.51. The number of carbonyl (C=O) groups is 1. The van der Waals surface area contributed by atoms with E-state index < -0.39 is 6.10 Å². The Morgan fingerprint density at radius 1 is 1.64 bits per heavy atom. The number of likely N-dealkylation sites (tertiary alicyclic amines) is 1. The van der Waals surface area contributed by atoms with Gasteiger partial charge in [0, 0.05) is 13.1 Å². The summed E-state index contributed by atoms with van der Waals surface area (Å²) in [5.74, 6) is 0.328. The number of aliphatic hydroxyl groups excluding tert-OH is 1. The van der Waals surface area contributed by atoms with Gasteiger partial charge >= 0.3 is 0 Å². The van der Waals surface area contributed by atoms with E-state index in [-0.39, 0.29) is 16.7 Å². The van der Waals surface area contributed by atoms with Crippen LogP contribution < -0.4 is 0 Å². The van der Waals surface area contributed by atoms with Crippen molar-refractivity contribution in [1.82, 2.24) is 4.90 Å². The van der Waals surface area contributed by atoms with E-state index >= 15 is 0 Å². The van der Waals surface area contributed by atoms with Crippen LogP contribution in [0.4, 0.5) is 0 Å². The van der Waals surface area contributed by atoms with Crippen molar-refractivity contribution in [2.75, 3.05) is 13.1 Å². The lowest BCUT2D eigenvalue weighted by Crippen LogP contribution is -2.46. The largest absolute Gasteiger partial charge is 0.391 e. The highest BCUT2D eigenvalue weighted by molar-refractivity contribution is 9.10. The van der Waals surface area contributed by atoms with Crippen LogP contribution in [0.25, 0.3) is 0 Å². The number of amides is 1. The maximum atomic E-state index is 11.7. The summed E-state index contributed by atoms with van der Waals surface area (Å²) in [6.45, 7) is 5.18. The fourth-order valence-corrected chi connectivity index (χ4v) is 2.12. The molecule has 0 aromatic carbocycles. The lowest BCUT2D eigenvalue weighted by Gasteiger charge is -2.32. The van der Waals surface area contributed by atoms with E-state index in [0.29, 0.717) is 6.54 Å². The van der Waals surface area contributed by atoms with Crippen molar-refractivity contribution in [3.05, 3.63) is 0 Å². The van der Waals surface area contributed by atoms with E-state index in [1.807, 2.05) is 13.8 Å². The van der Waals surface area contributed by atoms with Crippen LogP contribution in [0.15, 0.2) is 0 Å². The van der Waals surface area contributed by atoms with Crippen LogP contribution in [0.2, 0.25) is 0 Å². The highest BCUT2D eigenvalue weighted by Crippen LogP contribution is 2.19. The minimum Gasteiger partial charge on any atom is -0.391 e. The molecule has 1 aliphatic rings. The highest BCUT2D eigenvalue weighted by Gasteiger charge is 2.28. The molecule has 2 unspecified atom stereocenters. The first-order valence-electron chi connectivity index (χ1n) is 5.13. The molecule has 0 aliphatic carbocycles. The second-order valence-electron chi connectivity index (χ2n) is 4.21. The zero-order chi connectivity index (χ0) is 10.7. The second kappa shape index (κ2) is 5.12. The molecule has 1 heterocycles. The Hall–Kier alpha value is -0.0900. The minimum absolute atomic E-state index is 0.0457. The third-order valence-corrected chi connectivity index (χ3v) is 3.49. The SMILES string of the molecule is CC(C)C(O)CN1CCCC(Br)C1=O. The molecule has 1 N–H and O–H groups in total.